The number of carbonyl (C=O) groups excluding carboxylic acids is 1. The summed E-state index contributed by atoms with van der Waals surface area (Å²) in [5, 5.41) is 14.1. The van der Waals surface area contributed by atoms with Crippen LogP contribution in [0.1, 0.15) is 33.1 Å². The summed E-state index contributed by atoms with van der Waals surface area (Å²) in [7, 11) is 0. The first kappa shape index (κ1) is 17.1. The summed E-state index contributed by atoms with van der Waals surface area (Å²) < 4.78 is 0. The molecule has 0 aliphatic carbocycles. The Balaban J connectivity index is 3.85. The number of unbranched alkanes of at least 4 members (excludes halogenated alkanes) is 1. The summed E-state index contributed by atoms with van der Waals surface area (Å²) in [4.78, 5) is 22.4. The first-order valence-electron chi connectivity index (χ1n) is 6.23. The minimum atomic E-state index is -0.985. The Hall–Kier alpha value is -0.910. The Morgan fingerprint density at radius 3 is 2.44 bits per heavy atom. The summed E-state index contributed by atoms with van der Waals surface area (Å²) in [6, 6.07) is -1.21. The molecule has 0 saturated heterocycles. The highest BCUT2D eigenvalue weighted by atomic mass is 32.2. The molecule has 5 nitrogen and oxygen atoms in total. The molecule has 0 aromatic heterocycles. The van der Waals surface area contributed by atoms with Crippen molar-refractivity contribution in [2.45, 2.75) is 39.2 Å². The Kier molecular flexibility index (Phi) is 9.55. The van der Waals surface area contributed by atoms with Gasteiger partial charge in [0.25, 0.3) is 0 Å². The van der Waals surface area contributed by atoms with E-state index in [1.165, 1.54) is 0 Å². The summed E-state index contributed by atoms with van der Waals surface area (Å²) in [6.45, 7) is 4.44. The summed E-state index contributed by atoms with van der Waals surface area (Å²) in [5.74, 6) is 0.322. The van der Waals surface area contributed by atoms with Crippen LogP contribution in [0.3, 0.4) is 0 Å². The number of hydrogen-bond donors (Lipinski definition) is 3. The first-order chi connectivity index (χ1) is 8.47. The highest BCUT2D eigenvalue weighted by Gasteiger charge is 2.20. The van der Waals surface area contributed by atoms with Crippen LogP contribution in [0.25, 0.3) is 0 Å². The van der Waals surface area contributed by atoms with Crippen LogP contribution in [0.4, 0.5) is 4.79 Å². The van der Waals surface area contributed by atoms with E-state index in [9.17, 15) is 9.59 Å². The van der Waals surface area contributed by atoms with Crippen LogP contribution in [-0.2, 0) is 4.79 Å². The zero-order chi connectivity index (χ0) is 14.0. The number of nitrogens with one attached hydrogen (secondary N) is 2. The predicted octanol–water partition coefficient (Wildman–Crippen LogP) is 1.93. The summed E-state index contributed by atoms with van der Waals surface area (Å²) in [5.41, 5.74) is 0. The van der Waals surface area contributed by atoms with Crippen LogP contribution >= 0.6 is 11.8 Å². The molecule has 0 spiro atoms. The van der Waals surface area contributed by atoms with Gasteiger partial charge in [0.15, 0.2) is 0 Å². The molecule has 0 aliphatic rings. The number of urea groups is 1. The van der Waals surface area contributed by atoms with Crippen molar-refractivity contribution in [1.82, 2.24) is 10.6 Å². The lowest BCUT2D eigenvalue weighted by atomic mass is 10.0. The van der Waals surface area contributed by atoms with Crippen LogP contribution in [0, 0.1) is 5.92 Å². The highest BCUT2D eigenvalue weighted by molar-refractivity contribution is 7.98. The molecule has 0 saturated carbocycles. The van der Waals surface area contributed by atoms with Gasteiger partial charge in [-0.3, -0.25) is 0 Å². The average molecular weight is 276 g/mol. The van der Waals surface area contributed by atoms with Crippen molar-refractivity contribution in [2.24, 2.45) is 5.92 Å². The molecule has 0 fully saturated rings. The predicted molar refractivity (Wildman–Crippen MR) is 75.0 cm³/mol. The second kappa shape index (κ2) is 10.1. The van der Waals surface area contributed by atoms with Crippen LogP contribution in [0.15, 0.2) is 0 Å². The van der Waals surface area contributed by atoms with Gasteiger partial charge in [0.1, 0.15) is 6.04 Å². The molecule has 0 rings (SSSR count). The van der Waals surface area contributed by atoms with E-state index in [2.05, 4.69) is 10.6 Å². The van der Waals surface area contributed by atoms with Gasteiger partial charge < -0.3 is 15.7 Å². The van der Waals surface area contributed by atoms with Crippen molar-refractivity contribution in [3.8, 4) is 0 Å². The smallest absolute Gasteiger partial charge is 0.326 e. The molecule has 18 heavy (non-hydrogen) atoms. The fourth-order valence-electron chi connectivity index (χ4n) is 1.48. The molecule has 0 aromatic rings. The molecular weight excluding hydrogens is 252 g/mol. The maximum absolute atomic E-state index is 11.5. The Morgan fingerprint density at radius 2 is 1.94 bits per heavy atom. The summed E-state index contributed by atoms with van der Waals surface area (Å²) in [6.07, 6.45) is 4.45. The lowest BCUT2D eigenvalue weighted by Crippen LogP contribution is -2.46. The number of carboxylic acids is 1. The third-order valence-electron chi connectivity index (χ3n) is 2.37. The Morgan fingerprint density at radius 1 is 1.28 bits per heavy atom. The third-order valence-corrected chi connectivity index (χ3v) is 3.07. The van der Waals surface area contributed by atoms with Gasteiger partial charge in [-0.1, -0.05) is 13.8 Å². The number of amides is 2. The van der Waals surface area contributed by atoms with E-state index in [0.717, 1.165) is 18.6 Å². The van der Waals surface area contributed by atoms with Crippen molar-refractivity contribution in [3.05, 3.63) is 0 Å². The number of carbonyl (C=O) groups is 2. The van der Waals surface area contributed by atoms with E-state index in [-0.39, 0.29) is 5.92 Å². The molecule has 0 aliphatic heterocycles. The van der Waals surface area contributed by atoms with E-state index in [0.29, 0.717) is 13.0 Å². The van der Waals surface area contributed by atoms with Gasteiger partial charge >= 0.3 is 12.0 Å². The van der Waals surface area contributed by atoms with Gasteiger partial charge in [-0.25, -0.2) is 9.59 Å². The van der Waals surface area contributed by atoms with Crippen molar-refractivity contribution in [2.75, 3.05) is 18.6 Å². The zero-order valence-corrected chi connectivity index (χ0v) is 12.2. The molecule has 0 radical (unpaired) electrons. The monoisotopic (exact) mass is 276 g/mol. The minimum Gasteiger partial charge on any atom is -0.480 e. The van der Waals surface area contributed by atoms with Crippen LogP contribution in [0.5, 0.6) is 0 Å². The number of aliphatic carboxylic acids is 1. The lowest BCUT2D eigenvalue weighted by Gasteiger charge is -2.16. The Labute approximate surface area is 113 Å². The average Bonchev–Trinajstić information content (AvgIpc) is 2.27. The molecule has 0 heterocycles. The standard InChI is InChI=1S/C12H24N2O3S/c1-9(2)8-10(11(15)16)14-12(17)13-6-4-5-7-18-3/h9-10H,4-8H2,1-3H3,(H,15,16)(H2,13,14,17)/t10-/m1/s1. The van der Waals surface area contributed by atoms with Crippen molar-refractivity contribution < 1.29 is 14.7 Å². The number of rotatable bonds is 9. The third kappa shape index (κ3) is 9.15. The Bertz CT molecular complexity index is 260. The van der Waals surface area contributed by atoms with Gasteiger partial charge in [0.05, 0.1) is 0 Å². The zero-order valence-electron chi connectivity index (χ0n) is 11.4. The number of thioether (sulfide) groups is 1. The lowest BCUT2D eigenvalue weighted by molar-refractivity contribution is -0.139. The van der Waals surface area contributed by atoms with Gasteiger partial charge in [-0.05, 0) is 37.2 Å². The minimum absolute atomic E-state index is 0.230. The molecule has 6 heteroatoms. The quantitative estimate of drug-likeness (QED) is 0.562. The second-order valence-electron chi connectivity index (χ2n) is 4.62. The van der Waals surface area contributed by atoms with Gasteiger partial charge in [0, 0.05) is 6.54 Å². The molecule has 106 valence electrons. The van der Waals surface area contributed by atoms with Crippen LogP contribution < -0.4 is 10.6 Å². The molecule has 0 unspecified atom stereocenters. The molecule has 0 bridgehead atoms. The molecule has 3 N–H and O–H groups in total. The van der Waals surface area contributed by atoms with Crippen molar-refractivity contribution in [1.29, 1.82) is 0 Å². The van der Waals surface area contributed by atoms with E-state index < -0.39 is 18.0 Å². The van der Waals surface area contributed by atoms with E-state index >= 15 is 0 Å². The molecule has 0 aromatic carbocycles. The molecule has 1 atom stereocenters. The fourth-order valence-corrected chi connectivity index (χ4v) is 1.97. The van der Waals surface area contributed by atoms with E-state index in [4.69, 9.17) is 5.11 Å². The number of hydrogen-bond acceptors (Lipinski definition) is 3. The van der Waals surface area contributed by atoms with Gasteiger partial charge in [-0.2, -0.15) is 11.8 Å². The second-order valence-corrected chi connectivity index (χ2v) is 5.61. The number of carboxylic acid groups (broad SMARTS) is 1. The van der Waals surface area contributed by atoms with Crippen LogP contribution in [0.2, 0.25) is 0 Å². The molecular formula is C12H24N2O3S. The summed E-state index contributed by atoms with van der Waals surface area (Å²) >= 11 is 1.78. The topological polar surface area (TPSA) is 78.4 Å². The van der Waals surface area contributed by atoms with Crippen LogP contribution in [-0.4, -0.2) is 41.7 Å². The largest absolute Gasteiger partial charge is 0.480 e. The van der Waals surface area contributed by atoms with E-state index in [1.807, 2.05) is 20.1 Å². The first-order valence-corrected chi connectivity index (χ1v) is 7.62. The van der Waals surface area contributed by atoms with Crippen molar-refractivity contribution >= 4 is 23.8 Å². The van der Waals surface area contributed by atoms with Gasteiger partial charge in [0.2, 0.25) is 0 Å². The fraction of sp³-hybridized carbons (Fsp3) is 0.833. The SMILES string of the molecule is CSCCCCNC(=O)N[C@H](CC(C)C)C(=O)O. The maximum Gasteiger partial charge on any atom is 0.326 e. The van der Waals surface area contributed by atoms with Crippen molar-refractivity contribution in [3.63, 3.8) is 0 Å². The maximum atomic E-state index is 11.5. The highest BCUT2D eigenvalue weighted by Crippen LogP contribution is 2.04. The molecule has 2 amide bonds. The van der Waals surface area contributed by atoms with E-state index in [1.54, 1.807) is 11.8 Å². The normalized spacial score (nSPS) is 12.2. The van der Waals surface area contributed by atoms with Gasteiger partial charge in [-0.15, -0.1) is 0 Å².